The Labute approximate surface area is 164 Å². The van der Waals surface area contributed by atoms with Crippen LogP contribution in [-0.2, 0) is 17.8 Å². The average Bonchev–Trinajstić information content (AvgIpc) is 3.27. The molecule has 1 N–H and O–H groups in total. The first-order chi connectivity index (χ1) is 13.7. The van der Waals surface area contributed by atoms with Crippen LogP contribution in [0.3, 0.4) is 0 Å². The van der Waals surface area contributed by atoms with Crippen LogP contribution in [0.15, 0.2) is 55.1 Å². The first kappa shape index (κ1) is 18.2. The number of nitrogens with zero attached hydrogens (tertiary/aromatic N) is 4. The van der Waals surface area contributed by atoms with Gasteiger partial charge in [-0.3, -0.25) is 14.3 Å². The lowest BCUT2D eigenvalue weighted by Crippen LogP contribution is -2.44. The molecule has 0 bridgehead atoms. The molecule has 1 aliphatic heterocycles. The second-order valence-electron chi connectivity index (χ2n) is 6.91. The summed E-state index contributed by atoms with van der Waals surface area (Å²) in [5.74, 6) is 0.556. The number of benzene rings is 2. The van der Waals surface area contributed by atoms with E-state index in [1.54, 1.807) is 24.3 Å². The second-order valence-corrected chi connectivity index (χ2v) is 6.91. The minimum atomic E-state index is -0.253. The smallest absolute Gasteiger partial charge is 0.241 e. The molecule has 2 aromatic carbocycles. The number of hydrogen-bond donors (Lipinski definition) is 1. The van der Waals surface area contributed by atoms with Crippen molar-refractivity contribution in [2.24, 2.45) is 0 Å². The number of hydrogen-bond acceptors (Lipinski definition) is 5. The minimum Gasteiger partial charge on any atom is -0.495 e. The highest BCUT2D eigenvalue weighted by Crippen LogP contribution is 2.28. The van der Waals surface area contributed by atoms with Gasteiger partial charge in [0.25, 0.3) is 0 Å². The molecule has 1 amide bonds. The molecule has 0 aliphatic carbocycles. The molecule has 0 fully saturated rings. The average molecular weight is 377 g/mol. The van der Waals surface area contributed by atoms with Gasteiger partial charge in [-0.15, -0.1) is 10.2 Å². The van der Waals surface area contributed by atoms with Crippen molar-refractivity contribution in [2.75, 3.05) is 19.0 Å². The summed E-state index contributed by atoms with van der Waals surface area (Å²) in [7, 11) is 1.59. The summed E-state index contributed by atoms with van der Waals surface area (Å²) in [6.45, 7) is 3.59. The van der Waals surface area contributed by atoms with Gasteiger partial charge in [-0.25, -0.2) is 0 Å². The van der Waals surface area contributed by atoms with Gasteiger partial charge >= 0.3 is 0 Å². The van der Waals surface area contributed by atoms with Crippen molar-refractivity contribution < 1.29 is 9.53 Å². The third kappa shape index (κ3) is 3.61. The van der Waals surface area contributed by atoms with Crippen LogP contribution in [0.4, 0.5) is 5.69 Å². The lowest BCUT2D eigenvalue weighted by Gasteiger charge is -2.33. The van der Waals surface area contributed by atoms with E-state index in [0.29, 0.717) is 11.4 Å². The van der Waals surface area contributed by atoms with Crippen molar-refractivity contribution in [3.63, 3.8) is 0 Å². The monoisotopic (exact) mass is 377 g/mol. The van der Waals surface area contributed by atoms with E-state index in [9.17, 15) is 4.79 Å². The largest absolute Gasteiger partial charge is 0.495 e. The molecule has 3 aromatic rings. The van der Waals surface area contributed by atoms with Crippen LogP contribution in [0.1, 0.15) is 18.1 Å². The highest BCUT2D eigenvalue weighted by molar-refractivity contribution is 5.96. The number of amides is 1. The summed E-state index contributed by atoms with van der Waals surface area (Å²) in [5, 5.41) is 10.7. The van der Waals surface area contributed by atoms with Gasteiger partial charge in [-0.05, 0) is 42.7 Å². The Morgan fingerprint density at radius 1 is 1.14 bits per heavy atom. The van der Waals surface area contributed by atoms with Gasteiger partial charge in [0.1, 0.15) is 18.4 Å². The molecule has 28 heavy (non-hydrogen) atoms. The van der Waals surface area contributed by atoms with E-state index in [0.717, 1.165) is 25.2 Å². The fraction of sp³-hybridized carbons (Fsp3) is 0.286. The van der Waals surface area contributed by atoms with Gasteiger partial charge in [0, 0.05) is 13.1 Å². The van der Waals surface area contributed by atoms with Crippen molar-refractivity contribution in [1.29, 1.82) is 0 Å². The van der Waals surface area contributed by atoms with Crippen molar-refractivity contribution in [3.05, 3.63) is 66.2 Å². The quantitative estimate of drug-likeness (QED) is 0.740. The minimum absolute atomic E-state index is 0.0569. The Balaban J connectivity index is 1.51. The predicted molar refractivity (Wildman–Crippen MR) is 107 cm³/mol. The normalized spacial score (nSPS) is 14.9. The summed E-state index contributed by atoms with van der Waals surface area (Å²) in [4.78, 5) is 15.2. The number of carbonyl (C=O) groups excluding carboxylic acids is 1. The number of rotatable bonds is 5. The van der Waals surface area contributed by atoms with E-state index in [4.69, 9.17) is 4.74 Å². The number of aromatic nitrogens is 3. The van der Waals surface area contributed by atoms with Gasteiger partial charge < -0.3 is 10.1 Å². The number of anilines is 1. The van der Waals surface area contributed by atoms with E-state index in [2.05, 4.69) is 38.6 Å². The highest BCUT2D eigenvalue weighted by atomic mass is 16.5. The first-order valence-corrected chi connectivity index (χ1v) is 9.30. The molecule has 7 heteroatoms. The Morgan fingerprint density at radius 3 is 2.64 bits per heavy atom. The van der Waals surface area contributed by atoms with Crippen LogP contribution < -0.4 is 10.1 Å². The lowest BCUT2D eigenvalue weighted by molar-refractivity contribution is -0.121. The van der Waals surface area contributed by atoms with E-state index < -0.39 is 0 Å². The van der Waals surface area contributed by atoms with E-state index >= 15 is 0 Å². The van der Waals surface area contributed by atoms with Crippen molar-refractivity contribution in [3.8, 4) is 11.4 Å². The Morgan fingerprint density at radius 2 is 1.89 bits per heavy atom. The van der Waals surface area contributed by atoms with Crippen LogP contribution in [0.25, 0.3) is 5.69 Å². The van der Waals surface area contributed by atoms with Crippen LogP contribution in [0, 0.1) is 0 Å². The van der Waals surface area contributed by atoms with Gasteiger partial charge in [0.15, 0.2) is 0 Å². The maximum absolute atomic E-state index is 12.9. The third-order valence-corrected chi connectivity index (χ3v) is 5.25. The highest BCUT2D eigenvalue weighted by Gasteiger charge is 2.25. The molecule has 2 heterocycles. The lowest BCUT2D eigenvalue weighted by atomic mass is 9.99. The van der Waals surface area contributed by atoms with E-state index in [1.807, 2.05) is 31.2 Å². The summed E-state index contributed by atoms with van der Waals surface area (Å²) in [6.07, 6.45) is 4.18. The molecule has 1 aliphatic rings. The fourth-order valence-electron chi connectivity index (χ4n) is 3.54. The van der Waals surface area contributed by atoms with Crippen molar-refractivity contribution in [2.45, 2.75) is 25.9 Å². The Hall–Kier alpha value is -3.19. The molecule has 7 nitrogen and oxygen atoms in total. The van der Waals surface area contributed by atoms with Crippen molar-refractivity contribution in [1.82, 2.24) is 19.7 Å². The Bertz CT molecular complexity index is 971. The fourth-order valence-corrected chi connectivity index (χ4v) is 3.54. The zero-order valence-electron chi connectivity index (χ0n) is 16.0. The molecule has 4 rings (SSSR count). The van der Waals surface area contributed by atoms with Crippen LogP contribution in [-0.4, -0.2) is 45.3 Å². The SMILES string of the molecule is COc1ccc(-n2cnnc2)cc1NC(=O)C(C)N1CCc2ccccc2C1. The van der Waals surface area contributed by atoms with Crippen molar-refractivity contribution >= 4 is 11.6 Å². The molecule has 0 radical (unpaired) electrons. The summed E-state index contributed by atoms with van der Waals surface area (Å²) in [5.41, 5.74) is 4.14. The maximum Gasteiger partial charge on any atom is 0.241 e. The van der Waals surface area contributed by atoms with Crippen LogP contribution >= 0.6 is 0 Å². The summed E-state index contributed by atoms with van der Waals surface area (Å²) < 4.78 is 7.20. The van der Waals surface area contributed by atoms with E-state index in [-0.39, 0.29) is 11.9 Å². The predicted octanol–water partition coefficient (Wildman–Crippen LogP) is 2.66. The molecule has 1 atom stereocenters. The number of nitrogens with one attached hydrogen (secondary N) is 1. The van der Waals surface area contributed by atoms with Gasteiger partial charge in [0.05, 0.1) is 24.5 Å². The first-order valence-electron chi connectivity index (χ1n) is 9.30. The summed E-state index contributed by atoms with van der Waals surface area (Å²) >= 11 is 0. The zero-order valence-corrected chi connectivity index (χ0v) is 16.0. The third-order valence-electron chi connectivity index (χ3n) is 5.25. The molecule has 0 saturated carbocycles. The topological polar surface area (TPSA) is 72.3 Å². The van der Waals surface area contributed by atoms with E-state index in [1.165, 1.54) is 11.1 Å². The van der Waals surface area contributed by atoms with Crippen LogP contribution in [0.2, 0.25) is 0 Å². The number of methoxy groups -OCH3 is 1. The molecular weight excluding hydrogens is 354 g/mol. The second kappa shape index (κ2) is 7.82. The number of carbonyl (C=O) groups is 1. The van der Waals surface area contributed by atoms with Gasteiger partial charge in [-0.1, -0.05) is 24.3 Å². The zero-order chi connectivity index (χ0) is 19.5. The number of fused-ring (bicyclic) bond motifs is 1. The standard InChI is InChI=1S/C21H23N5O2/c1-15(25-10-9-16-5-3-4-6-17(16)12-25)21(27)24-19-11-18(7-8-20(19)28-2)26-13-22-23-14-26/h3-8,11,13-15H,9-10,12H2,1-2H3,(H,24,27). The van der Waals surface area contributed by atoms with Gasteiger partial charge in [-0.2, -0.15) is 0 Å². The van der Waals surface area contributed by atoms with Gasteiger partial charge in [0.2, 0.25) is 5.91 Å². The van der Waals surface area contributed by atoms with Crippen LogP contribution in [0.5, 0.6) is 5.75 Å². The Kier molecular flexibility index (Phi) is 5.08. The molecule has 1 aromatic heterocycles. The number of ether oxygens (including phenoxy) is 1. The summed E-state index contributed by atoms with van der Waals surface area (Å²) in [6, 6.07) is 13.7. The maximum atomic E-state index is 12.9. The molecule has 0 spiro atoms. The molecule has 1 unspecified atom stereocenters. The molecule has 0 saturated heterocycles. The molecule has 144 valence electrons. The molecular formula is C21H23N5O2.